The van der Waals surface area contributed by atoms with E-state index < -0.39 is 23.1 Å². The Morgan fingerprint density at radius 2 is 1.97 bits per heavy atom. The lowest BCUT2D eigenvalue weighted by Gasteiger charge is -2.42. The van der Waals surface area contributed by atoms with Crippen LogP contribution in [0.4, 0.5) is 0 Å². The highest BCUT2D eigenvalue weighted by molar-refractivity contribution is 9.10. The molecule has 188 valence electrons. The molecule has 8 nitrogen and oxygen atoms in total. The normalized spacial score (nSPS) is 19.9. The Morgan fingerprint density at radius 1 is 1.17 bits per heavy atom. The number of halogens is 1. The third-order valence-corrected chi connectivity index (χ3v) is 7.59. The lowest BCUT2D eigenvalue weighted by Crippen LogP contribution is -2.46. The number of carbonyl (C=O) groups is 1. The number of benzene rings is 1. The minimum atomic E-state index is -0.693. The molecule has 2 aliphatic heterocycles. The Morgan fingerprint density at radius 3 is 2.75 bits per heavy atom. The molecule has 2 aromatic heterocycles. The molecule has 5 rings (SSSR count). The van der Waals surface area contributed by atoms with E-state index in [1.807, 2.05) is 41.0 Å². The molecule has 36 heavy (non-hydrogen) atoms. The molecule has 0 saturated carbocycles. The van der Waals surface area contributed by atoms with Gasteiger partial charge in [0.25, 0.3) is 5.56 Å². The Hall–Kier alpha value is -3.17. The summed E-state index contributed by atoms with van der Waals surface area (Å²) >= 11 is 3.44. The van der Waals surface area contributed by atoms with Crippen LogP contribution in [0.25, 0.3) is 0 Å². The summed E-state index contributed by atoms with van der Waals surface area (Å²) in [5.74, 6) is -0.654. The van der Waals surface area contributed by atoms with Crippen molar-refractivity contribution in [3.8, 4) is 5.75 Å². The van der Waals surface area contributed by atoms with E-state index in [4.69, 9.17) is 9.15 Å². The third-order valence-electron chi connectivity index (χ3n) is 7.10. The second-order valence-electron chi connectivity index (χ2n) is 9.57. The molecule has 2 aliphatic rings. The number of rotatable bonds is 6. The topological polar surface area (TPSA) is 102 Å². The Balaban J connectivity index is 1.45. The Labute approximate surface area is 216 Å². The van der Waals surface area contributed by atoms with Crippen LogP contribution in [0, 0.1) is 5.92 Å². The van der Waals surface area contributed by atoms with E-state index in [1.54, 1.807) is 6.07 Å². The number of aromatic nitrogens is 1. The number of aromatic hydroxyl groups is 1. The van der Waals surface area contributed by atoms with Crippen LogP contribution < -0.4 is 11.0 Å². The fourth-order valence-electron chi connectivity index (χ4n) is 5.55. The number of methoxy groups -OCH3 is 1. The van der Waals surface area contributed by atoms with Crippen molar-refractivity contribution < 1.29 is 19.1 Å². The summed E-state index contributed by atoms with van der Waals surface area (Å²) in [4.78, 5) is 39.5. The largest absolute Gasteiger partial charge is 0.502 e. The van der Waals surface area contributed by atoms with Gasteiger partial charge in [0.1, 0.15) is 5.76 Å². The molecule has 0 unspecified atom stereocenters. The van der Waals surface area contributed by atoms with Gasteiger partial charge in [0, 0.05) is 47.9 Å². The first-order valence-electron chi connectivity index (χ1n) is 11.9. The number of esters is 1. The molecular formula is C27H27BrN2O6. The van der Waals surface area contributed by atoms with Crippen LogP contribution in [0.5, 0.6) is 5.75 Å². The van der Waals surface area contributed by atoms with Gasteiger partial charge in [-0.3, -0.25) is 19.3 Å². The van der Waals surface area contributed by atoms with Gasteiger partial charge in [0.2, 0.25) is 11.2 Å². The highest BCUT2D eigenvalue weighted by Crippen LogP contribution is 2.37. The average molecular weight is 555 g/mol. The van der Waals surface area contributed by atoms with Crippen molar-refractivity contribution in [3.63, 3.8) is 0 Å². The van der Waals surface area contributed by atoms with E-state index >= 15 is 0 Å². The molecule has 3 aromatic rings. The maximum absolute atomic E-state index is 12.8. The second kappa shape index (κ2) is 10.1. The fraction of sp³-hybridized carbons (Fsp3) is 0.370. The van der Waals surface area contributed by atoms with Gasteiger partial charge in [0.05, 0.1) is 26.0 Å². The van der Waals surface area contributed by atoms with Crippen molar-refractivity contribution in [2.45, 2.75) is 37.8 Å². The van der Waals surface area contributed by atoms with Gasteiger partial charge < -0.3 is 18.8 Å². The zero-order valence-electron chi connectivity index (χ0n) is 19.9. The summed E-state index contributed by atoms with van der Waals surface area (Å²) in [7, 11) is 1.30. The summed E-state index contributed by atoms with van der Waals surface area (Å²) < 4.78 is 13.7. The van der Waals surface area contributed by atoms with Gasteiger partial charge >= 0.3 is 5.97 Å². The fourth-order valence-corrected chi connectivity index (χ4v) is 5.97. The molecule has 9 heteroatoms. The molecule has 0 amide bonds. The van der Waals surface area contributed by atoms with E-state index in [9.17, 15) is 19.5 Å². The molecule has 0 spiro atoms. The SMILES string of the molecule is COC(=O)C[C@@H](c1cccc(Br)c1)c1oc(CN2C[C@@H]3C[C@H](C2)c2cccc(=O)n2C3)cc(=O)c1O. The van der Waals surface area contributed by atoms with Gasteiger partial charge in [-0.15, -0.1) is 0 Å². The van der Waals surface area contributed by atoms with Crippen LogP contribution in [0.1, 0.15) is 47.5 Å². The number of hydrogen-bond donors (Lipinski definition) is 1. The molecule has 0 aliphatic carbocycles. The van der Waals surface area contributed by atoms with Gasteiger partial charge in [-0.1, -0.05) is 34.1 Å². The molecule has 4 heterocycles. The van der Waals surface area contributed by atoms with Crippen molar-refractivity contribution in [1.29, 1.82) is 0 Å². The Bertz CT molecular complexity index is 1410. The highest BCUT2D eigenvalue weighted by Gasteiger charge is 2.35. The van der Waals surface area contributed by atoms with Crippen molar-refractivity contribution in [1.82, 2.24) is 9.47 Å². The van der Waals surface area contributed by atoms with Crippen LogP contribution in [-0.4, -0.2) is 40.7 Å². The number of fused-ring (bicyclic) bond motifs is 4. The summed E-state index contributed by atoms with van der Waals surface area (Å²) in [6, 6.07) is 14.1. The number of piperidine rings is 1. The zero-order valence-corrected chi connectivity index (χ0v) is 21.4. The first-order valence-corrected chi connectivity index (χ1v) is 12.7. The predicted octanol–water partition coefficient (Wildman–Crippen LogP) is 3.58. The molecule has 1 N–H and O–H groups in total. The van der Waals surface area contributed by atoms with E-state index in [0.717, 1.165) is 29.7 Å². The first kappa shape index (κ1) is 24.5. The minimum Gasteiger partial charge on any atom is -0.502 e. The minimum absolute atomic E-state index is 0.0361. The quantitative estimate of drug-likeness (QED) is 0.464. The van der Waals surface area contributed by atoms with E-state index in [2.05, 4.69) is 20.8 Å². The molecular weight excluding hydrogens is 528 g/mol. The molecule has 1 saturated heterocycles. The predicted molar refractivity (Wildman–Crippen MR) is 136 cm³/mol. The number of carbonyl (C=O) groups excluding carboxylic acids is 1. The average Bonchev–Trinajstić information content (AvgIpc) is 2.85. The first-order chi connectivity index (χ1) is 17.3. The van der Waals surface area contributed by atoms with Crippen LogP contribution in [0.2, 0.25) is 0 Å². The van der Waals surface area contributed by atoms with Crippen LogP contribution in [0.15, 0.2) is 67.0 Å². The zero-order chi connectivity index (χ0) is 25.4. The standard InChI is InChI=1S/C27H27BrN2O6/c1-35-25(33)11-21(17-4-2-5-19(28)9-17)27-26(34)23(31)10-20(36-27)15-29-12-16-8-18(14-29)22-6-3-7-24(32)30(22)13-16/h2-7,9-10,16,18,21,34H,8,11-15H2,1H3/t16-,18+,21-/m0/s1. The lowest BCUT2D eigenvalue weighted by atomic mass is 9.83. The van der Waals surface area contributed by atoms with Crippen molar-refractivity contribution in [3.05, 3.63) is 96.4 Å². The van der Waals surface area contributed by atoms with Gasteiger partial charge in [-0.2, -0.15) is 0 Å². The number of likely N-dealkylation sites (tertiary alicyclic amines) is 1. The number of hydrogen-bond acceptors (Lipinski definition) is 7. The monoisotopic (exact) mass is 554 g/mol. The van der Waals surface area contributed by atoms with Gasteiger partial charge in [-0.25, -0.2) is 0 Å². The summed E-state index contributed by atoms with van der Waals surface area (Å²) in [5.41, 5.74) is 1.24. The maximum Gasteiger partial charge on any atom is 0.306 e. The number of nitrogens with zero attached hydrogens (tertiary/aromatic N) is 2. The van der Waals surface area contributed by atoms with E-state index in [1.165, 1.54) is 13.2 Å². The number of ether oxygens (including phenoxy) is 1. The van der Waals surface area contributed by atoms with Crippen LogP contribution >= 0.6 is 15.9 Å². The summed E-state index contributed by atoms with van der Waals surface area (Å²) in [6.07, 6.45) is 0.932. The van der Waals surface area contributed by atoms with Crippen LogP contribution in [0.3, 0.4) is 0 Å². The lowest BCUT2D eigenvalue weighted by molar-refractivity contribution is -0.140. The third kappa shape index (κ3) is 4.90. The number of pyridine rings is 1. The molecule has 2 bridgehead atoms. The maximum atomic E-state index is 12.8. The van der Waals surface area contributed by atoms with E-state index in [0.29, 0.717) is 30.3 Å². The summed E-state index contributed by atoms with van der Waals surface area (Å²) in [6.45, 7) is 2.57. The van der Waals surface area contributed by atoms with Crippen molar-refractivity contribution in [2.24, 2.45) is 5.92 Å². The highest BCUT2D eigenvalue weighted by atomic mass is 79.9. The van der Waals surface area contributed by atoms with E-state index in [-0.39, 0.29) is 23.7 Å². The second-order valence-corrected chi connectivity index (χ2v) is 10.5. The van der Waals surface area contributed by atoms with Gasteiger partial charge in [0.15, 0.2) is 5.76 Å². The Kier molecular flexibility index (Phi) is 6.85. The molecule has 1 fully saturated rings. The van der Waals surface area contributed by atoms with Crippen molar-refractivity contribution in [2.75, 3.05) is 20.2 Å². The van der Waals surface area contributed by atoms with Crippen molar-refractivity contribution >= 4 is 21.9 Å². The molecule has 0 radical (unpaired) electrons. The molecule has 3 atom stereocenters. The molecule has 1 aromatic carbocycles. The smallest absolute Gasteiger partial charge is 0.306 e. The van der Waals surface area contributed by atoms with Gasteiger partial charge in [-0.05, 0) is 36.1 Å². The summed E-state index contributed by atoms with van der Waals surface area (Å²) in [5, 5.41) is 10.7. The van der Waals surface area contributed by atoms with Crippen LogP contribution in [-0.2, 0) is 22.6 Å².